The van der Waals surface area contributed by atoms with Crippen LogP contribution in [0.1, 0.15) is 35.6 Å². The van der Waals surface area contributed by atoms with Gasteiger partial charge in [-0.2, -0.15) is 0 Å². The number of amides is 1. The largest absolute Gasteiger partial charge is 0.493 e. The van der Waals surface area contributed by atoms with Crippen molar-refractivity contribution in [2.24, 2.45) is 0 Å². The van der Waals surface area contributed by atoms with Gasteiger partial charge in [0, 0.05) is 12.5 Å². The molecule has 1 amide bonds. The number of aliphatic hydroxyl groups is 2. The van der Waals surface area contributed by atoms with E-state index in [0.717, 1.165) is 22.3 Å². The molecule has 7 heteroatoms. The predicted octanol–water partition coefficient (Wildman–Crippen LogP) is 4.03. The fraction of sp³-hybridized carbons (Fsp3) is 0.296. The number of carbonyl (C=O) groups excluding carboxylic acids is 1. The Hall–Kier alpha value is -3.55. The Kier molecular flexibility index (Phi) is 7.35. The molecule has 3 N–H and O–H groups in total. The summed E-state index contributed by atoms with van der Waals surface area (Å²) < 4.78 is 16.2. The van der Waals surface area contributed by atoms with Crippen molar-refractivity contribution in [3.05, 3.63) is 83.4 Å². The lowest BCUT2D eigenvalue weighted by atomic mass is 9.98. The second-order valence-electron chi connectivity index (χ2n) is 8.06. The van der Waals surface area contributed by atoms with Gasteiger partial charge < -0.3 is 29.7 Å². The number of benzene rings is 3. The van der Waals surface area contributed by atoms with Crippen LogP contribution in [0, 0.1) is 0 Å². The van der Waals surface area contributed by atoms with Gasteiger partial charge in [-0.25, -0.2) is 4.79 Å². The molecule has 0 spiro atoms. The molecule has 0 saturated heterocycles. The molecule has 4 rings (SSSR count). The Morgan fingerprint density at radius 2 is 1.62 bits per heavy atom. The maximum atomic E-state index is 12.3. The normalized spacial score (nSPS) is 14.0. The average Bonchev–Trinajstić information content (AvgIpc) is 3.19. The van der Waals surface area contributed by atoms with Crippen molar-refractivity contribution in [2.45, 2.75) is 25.0 Å². The van der Waals surface area contributed by atoms with Gasteiger partial charge >= 0.3 is 6.09 Å². The number of rotatable bonds is 9. The number of nitrogens with one attached hydrogen (secondary N) is 1. The molecule has 3 aromatic carbocycles. The van der Waals surface area contributed by atoms with Gasteiger partial charge in [0.15, 0.2) is 11.5 Å². The summed E-state index contributed by atoms with van der Waals surface area (Å²) >= 11 is 0. The van der Waals surface area contributed by atoms with Crippen LogP contribution in [-0.2, 0) is 4.74 Å². The summed E-state index contributed by atoms with van der Waals surface area (Å²) in [5, 5.41) is 23.5. The quantitative estimate of drug-likeness (QED) is 0.443. The second kappa shape index (κ2) is 10.6. The number of carbonyl (C=O) groups is 1. The first-order chi connectivity index (χ1) is 16.5. The molecular formula is C27H29NO6. The summed E-state index contributed by atoms with van der Waals surface area (Å²) in [4.78, 5) is 12.3. The summed E-state index contributed by atoms with van der Waals surface area (Å²) in [5.41, 5.74) is 4.99. The molecule has 178 valence electrons. The van der Waals surface area contributed by atoms with E-state index in [1.165, 1.54) is 7.11 Å². The highest BCUT2D eigenvalue weighted by atomic mass is 16.5. The summed E-state index contributed by atoms with van der Waals surface area (Å²) in [6.07, 6.45) is -3.11. The highest BCUT2D eigenvalue weighted by Gasteiger charge is 2.29. The maximum absolute atomic E-state index is 12.3. The highest BCUT2D eigenvalue weighted by Crippen LogP contribution is 2.44. The molecule has 0 bridgehead atoms. The molecular weight excluding hydrogens is 434 g/mol. The van der Waals surface area contributed by atoms with Gasteiger partial charge in [-0.05, 0) is 46.9 Å². The number of aliphatic hydroxyl groups excluding tert-OH is 2. The van der Waals surface area contributed by atoms with Crippen molar-refractivity contribution >= 4 is 6.09 Å². The first kappa shape index (κ1) is 23.6. The first-order valence-corrected chi connectivity index (χ1v) is 11.3. The molecule has 0 radical (unpaired) electrons. The van der Waals surface area contributed by atoms with Crippen LogP contribution in [0.25, 0.3) is 11.1 Å². The third kappa shape index (κ3) is 4.85. The lowest BCUT2D eigenvalue weighted by molar-refractivity contribution is 0.0184. The molecule has 1 aliphatic rings. The van der Waals surface area contributed by atoms with E-state index >= 15 is 0 Å². The minimum Gasteiger partial charge on any atom is -0.493 e. The standard InChI is InChI=1S/C27H29NO6/c1-3-33-24-13-12-17(14-25(24)32-2)26(30)23(29)15-28-27(31)34-16-22-20-10-6-4-8-18(20)19-9-5-7-11-21(19)22/h4-14,22-23,26,29-30H,3,15-16H2,1-2H3,(H,28,31). The van der Waals surface area contributed by atoms with E-state index in [4.69, 9.17) is 14.2 Å². The number of alkyl carbamates (subject to hydrolysis) is 1. The zero-order chi connectivity index (χ0) is 24.1. The summed E-state index contributed by atoms with van der Waals surface area (Å²) in [7, 11) is 1.50. The monoisotopic (exact) mass is 463 g/mol. The fourth-order valence-corrected chi connectivity index (χ4v) is 4.31. The predicted molar refractivity (Wildman–Crippen MR) is 128 cm³/mol. The van der Waals surface area contributed by atoms with Crippen LogP contribution < -0.4 is 14.8 Å². The van der Waals surface area contributed by atoms with E-state index in [0.29, 0.717) is 23.7 Å². The number of hydrogen-bond acceptors (Lipinski definition) is 6. The zero-order valence-corrected chi connectivity index (χ0v) is 19.2. The van der Waals surface area contributed by atoms with E-state index in [2.05, 4.69) is 17.4 Å². The van der Waals surface area contributed by atoms with Gasteiger partial charge in [-0.3, -0.25) is 0 Å². The van der Waals surface area contributed by atoms with Crippen LogP contribution in [0.2, 0.25) is 0 Å². The van der Waals surface area contributed by atoms with Crippen LogP contribution in [0.4, 0.5) is 4.79 Å². The minimum absolute atomic E-state index is 0.0509. The third-order valence-electron chi connectivity index (χ3n) is 5.99. The van der Waals surface area contributed by atoms with Gasteiger partial charge in [-0.15, -0.1) is 0 Å². The van der Waals surface area contributed by atoms with Crippen molar-refractivity contribution in [3.63, 3.8) is 0 Å². The van der Waals surface area contributed by atoms with E-state index in [9.17, 15) is 15.0 Å². The molecule has 0 aromatic heterocycles. The Balaban J connectivity index is 1.33. The van der Waals surface area contributed by atoms with Gasteiger partial charge in [0.2, 0.25) is 0 Å². The van der Waals surface area contributed by atoms with Crippen molar-refractivity contribution in [1.29, 1.82) is 0 Å². The first-order valence-electron chi connectivity index (χ1n) is 11.3. The Morgan fingerprint density at radius 3 is 2.24 bits per heavy atom. The van der Waals surface area contributed by atoms with Crippen molar-refractivity contribution < 1.29 is 29.2 Å². The van der Waals surface area contributed by atoms with Crippen LogP contribution in [0.5, 0.6) is 11.5 Å². The molecule has 3 aromatic rings. The SMILES string of the molecule is CCOc1ccc(C(O)C(O)CNC(=O)OCC2c3ccccc3-c3ccccc32)cc1OC. The van der Waals surface area contributed by atoms with Gasteiger partial charge in [0.05, 0.1) is 13.7 Å². The third-order valence-corrected chi connectivity index (χ3v) is 5.99. The van der Waals surface area contributed by atoms with Crippen molar-refractivity contribution in [2.75, 3.05) is 26.9 Å². The molecule has 1 aliphatic carbocycles. The lowest BCUT2D eigenvalue weighted by Crippen LogP contribution is -2.36. The Morgan fingerprint density at radius 1 is 0.971 bits per heavy atom. The van der Waals surface area contributed by atoms with Crippen LogP contribution >= 0.6 is 0 Å². The molecule has 0 heterocycles. The van der Waals surface area contributed by atoms with Crippen molar-refractivity contribution in [1.82, 2.24) is 5.32 Å². The highest BCUT2D eigenvalue weighted by molar-refractivity contribution is 5.79. The van der Waals surface area contributed by atoms with E-state index in [-0.39, 0.29) is 19.1 Å². The van der Waals surface area contributed by atoms with E-state index in [1.807, 2.05) is 43.3 Å². The smallest absolute Gasteiger partial charge is 0.407 e. The molecule has 34 heavy (non-hydrogen) atoms. The number of methoxy groups -OCH3 is 1. The van der Waals surface area contributed by atoms with E-state index < -0.39 is 18.3 Å². The summed E-state index contributed by atoms with van der Waals surface area (Å²) in [6, 6.07) is 21.1. The molecule has 7 nitrogen and oxygen atoms in total. The zero-order valence-electron chi connectivity index (χ0n) is 19.2. The van der Waals surface area contributed by atoms with Gasteiger partial charge in [0.1, 0.15) is 18.8 Å². The summed E-state index contributed by atoms with van der Waals surface area (Å²) in [5.74, 6) is 0.951. The summed E-state index contributed by atoms with van der Waals surface area (Å²) in [6.45, 7) is 2.34. The Labute approximate surface area is 198 Å². The fourth-order valence-electron chi connectivity index (χ4n) is 4.31. The molecule has 2 unspecified atom stereocenters. The number of ether oxygens (including phenoxy) is 3. The van der Waals surface area contributed by atoms with Crippen LogP contribution in [0.15, 0.2) is 66.7 Å². The number of fused-ring (bicyclic) bond motifs is 3. The Bertz CT molecular complexity index is 1100. The molecule has 2 atom stereocenters. The number of hydrogen-bond donors (Lipinski definition) is 3. The molecule has 0 fully saturated rings. The second-order valence-corrected chi connectivity index (χ2v) is 8.06. The molecule has 0 aliphatic heterocycles. The maximum Gasteiger partial charge on any atom is 0.407 e. The minimum atomic E-state index is -1.23. The molecule has 0 saturated carbocycles. The van der Waals surface area contributed by atoms with E-state index in [1.54, 1.807) is 18.2 Å². The van der Waals surface area contributed by atoms with Crippen LogP contribution in [0.3, 0.4) is 0 Å². The van der Waals surface area contributed by atoms with Crippen LogP contribution in [-0.4, -0.2) is 49.3 Å². The topological polar surface area (TPSA) is 97.2 Å². The van der Waals surface area contributed by atoms with Crippen molar-refractivity contribution in [3.8, 4) is 22.6 Å². The van der Waals surface area contributed by atoms with Gasteiger partial charge in [-0.1, -0.05) is 54.6 Å². The lowest BCUT2D eigenvalue weighted by Gasteiger charge is -2.20. The average molecular weight is 464 g/mol. The van der Waals surface area contributed by atoms with Gasteiger partial charge in [0.25, 0.3) is 0 Å².